The van der Waals surface area contributed by atoms with Gasteiger partial charge in [-0.25, -0.2) is 23.7 Å². The van der Waals surface area contributed by atoms with E-state index in [1.165, 1.54) is 30.9 Å². The number of imide groups is 1. The molecule has 3 aliphatic rings. The fourth-order valence-electron chi connectivity index (χ4n) is 9.14. The van der Waals surface area contributed by atoms with Crippen LogP contribution in [0.1, 0.15) is 104 Å². The number of alkyl halides is 2. The van der Waals surface area contributed by atoms with E-state index < -0.39 is 24.1 Å². The van der Waals surface area contributed by atoms with Gasteiger partial charge in [-0.15, -0.1) is 0 Å². The van der Waals surface area contributed by atoms with E-state index in [-0.39, 0.29) is 35.1 Å². The van der Waals surface area contributed by atoms with Crippen LogP contribution in [-0.2, 0) is 20.7 Å². The number of anilines is 2. The second-order valence-electron chi connectivity index (χ2n) is 17.5. The maximum absolute atomic E-state index is 14.2. The lowest BCUT2D eigenvalue weighted by atomic mass is 9.86. The first-order chi connectivity index (χ1) is 31.2. The summed E-state index contributed by atoms with van der Waals surface area (Å²) < 4.78 is 43.5. The summed E-state index contributed by atoms with van der Waals surface area (Å²) in [5.74, 6) is 0.909. The molecular weight excluding hydrogens is 823 g/mol. The summed E-state index contributed by atoms with van der Waals surface area (Å²) >= 11 is 0. The Morgan fingerprint density at radius 1 is 0.984 bits per heavy atom. The van der Waals surface area contributed by atoms with Gasteiger partial charge in [0.25, 0.3) is 12.3 Å². The van der Waals surface area contributed by atoms with E-state index in [0.717, 1.165) is 86.5 Å². The number of fused-ring (bicyclic) bond motifs is 3. The van der Waals surface area contributed by atoms with Crippen molar-refractivity contribution in [2.24, 2.45) is 11.8 Å². The molecule has 1 aromatic carbocycles. The predicted molar refractivity (Wildman–Crippen MR) is 237 cm³/mol. The van der Waals surface area contributed by atoms with Gasteiger partial charge in [0.15, 0.2) is 11.4 Å². The molecule has 1 saturated heterocycles. The molecule has 1 unspecified atom stereocenters. The summed E-state index contributed by atoms with van der Waals surface area (Å²) in [5, 5.41) is 14.7. The fraction of sp³-hybridized carbons (Fsp3) is 0.468. The Kier molecular flexibility index (Phi) is 13.1. The summed E-state index contributed by atoms with van der Waals surface area (Å²) in [6.45, 7) is 4.04. The second kappa shape index (κ2) is 19.4. The van der Waals surface area contributed by atoms with Gasteiger partial charge in [0.2, 0.25) is 17.7 Å². The summed E-state index contributed by atoms with van der Waals surface area (Å²) in [4.78, 5) is 53.4. The van der Waals surface area contributed by atoms with E-state index in [1.54, 1.807) is 29.2 Å². The minimum Gasteiger partial charge on any atom is -0.444 e. The molecule has 3 fully saturated rings. The molecule has 3 amide bonds. The highest BCUT2D eigenvalue weighted by Crippen LogP contribution is 2.37. The number of halogens is 2. The molecule has 0 spiro atoms. The number of nitrogens with one attached hydrogen (secondary N) is 3. The molecule has 6 aromatic rings. The zero-order valence-corrected chi connectivity index (χ0v) is 36.0. The highest BCUT2D eigenvalue weighted by atomic mass is 19.3. The molecule has 6 heterocycles. The maximum atomic E-state index is 14.2. The molecule has 64 heavy (non-hydrogen) atoms. The number of pyridine rings is 2. The van der Waals surface area contributed by atoms with Crippen LogP contribution in [0.4, 0.5) is 20.3 Å². The molecule has 1 aliphatic heterocycles. The normalized spacial score (nSPS) is 19.2. The number of amides is 3. The number of hydrogen-bond acceptors (Lipinski definition) is 11. The average molecular weight is 877 g/mol. The van der Waals surface area contributed by atoms with Gasteiger partial charge in [-0.1, -0.05) is 6.07 Å². The van der Waals surface area contributed by atoms with Gasteiger partial charge < -0.3 is 29.3 Å². The van der Waals surface area contributed by atoms with E-state index >= 15 is 0 Å². The molecule has 5 aromatic heterocycles. The highest BCUT2D eigenvalue weighted by molar-refractivity contribution is 6.09. The average Bonchev–Trinajstić information content (AvgIpc) is 3.66. The number of carbonyl (C=O) groups is 3. The number of rotatable bonds is 19. The van der Waals surface area contributed by atoms with E-state index in [0.29, 0.717) is 49.3 Å². The first kappa shape index (κ1) is 43.2. The molecule has 1 atom stereocenters. The Morgan fingerprint density at radius 3 is 2.62 bits per heavy atom. The van der Waals surface area contributed by atoms with Crippen LogP contribution in [0.5, 0.6) is 0 Å². The number of hydrogen-bond donors (Lipinski definition) is 3. The monoisotopic (exact) mass is 876 g/mol. The largest absolute Gasteiger partial charge is 0.444 e. The number of aromatic nitrogens is 6. The minimum absolute atomic E-state index is 0.0246. The third-order valence-corrected chi connectivity index (χ3v) is 12.7. The van der Waals surface area contributed by atoms with Gasteiger partial charge >= 0.3 is 0 Å². The highest BCUT2D eigenvalue weighted by Gasteiger charge is 2.32. The number of benzene rings is 1. The smallest absolute Gasteiger partial charge is 0.284 e. The first-order valence-electron chi connectivity index (χ1n) is 22.5. The van der Waals surface area contributed by atoms with Gasteiger partial charge in [0.05, 0.1) is 17.2 Å². The topological polar surface area (TPSA) is 174 Å². The lowest BCUT2D eigenvalue weighted by Crippen LogP contribution is -2.41. The molecule has 3 N–H and O–H groups in total. The van der Waals surface area contributed by atoms with Crippen molar-refractivity contribution in [2.45, 2.75) is 89.1 Å². The Morgan fingerprint density at radius 2 is 1.81 bits per heavy atom. The number of oxazole rings is 1. The molecular formula is C47H54F2N10O5. The number of aryl methyl sites for hydroxylation is 1. The minimum atomic E-state index is -2.86. The maximum Gasteiger partial charge on any atom is 0.284 e. The van der Waals surface area contributed by atoms with Gasteiger partial charge in [-0.3, -0.25) is 24.4 Å². The number of piperidine rings is 1. The van der Waals surface area contributed by atoms with Crippen LogP contribution < -0.4 is 16.0 Å². The number of nitrogens with zero attached hydrogens (tertiary/aromatic N) is 7. The summed E-state index contributed by atoms with van der Waals surface area (Å²) in [6, 6.07) is 13.3. The standard InChI is InChI=1S/C47H54F2N10O5/c1-57(20-4-22-63-21-3-5-29-11-14-38-35(23-29)34-6-2-18-51-44(34)59(38)39-15-16-41(60)55-46(39)62)26-31-9-12-33(13-10-31)58-27-36(42(56-58)43(48)49)53-45(61)37-28-64-47(54-37)32-17-19-50-40(24-32)52-25-30-7-8-30/h2,6,11,14,17-19,23-24,27-28,30-31,33,39,43H,3-5,7-10,12-13,15-16,20-22,25-26H2,1H3,(H,50,52)(H,53,61)(H,55,60,62)/t31-,33-,39?. The third kappa shape index (κ3) is 10.00. The van der Waals surface area contributed by atoms with Crippen LogP contribution in [0.15, 0.2) is 71.7 Å². The number of carbonyl (C=O) groups excluding carboxylic acids is 3. The van der Waals surface area contributed by atoms with E-state index in [1.807, 2.05) is 16.7 Å². The molecule has 0 bridgehead atoms. The van der Waals surface area contributed by atoms with Gasteiger partial charge in [0, 0.05) is 74.2 Å². The Labute approximate surface area is 369 Å². The third-order valence-electron chi connectivity index (χ3n) is 12.7. The molecule has 2 aliphatic carbocycles. The molecule has 0 radical (unpaired) electrons. The van der Waals surface area contributed by atoms with Crippen LogP contribution in [0.3, 0.4) is 0 Å². The Balaban J connectivity index is 0.693. The van der Waals surface area contributed by atoms with Crippen molar-refractivity contribution in [1.82, 2.24) is 39.5 Å². The van der Waals surface area contributed by atoms with Crippen LogP contribution in [0.25, 0.3) is 33.4 Å². The Hall–Kier alpha value is -6.07. The van der Waals surface area contributed by atoms with Crippen molar-refractivity contribution >= 4 is 51.2 Å². The predicted octanol–water partition coefficient (Wildman–Crippen LogP) is 8.13. The van der Waals surface area contributed by atoms with Crippen LogP contribution in [0.2, 0.25) is 0 Å². The van der Waals surface area contributed by atoms with Crippen molar-refractivity contribution in [1.29, 1.82) is 0 Å². The van der Waals surface area contributed by atoms with Crippen molar-refractivity contribution in [2.75, 3.05) is 50.5 Å². The van der Waals surface area contributed by atoms with E-state index in [2.05, 4.69) is 66.1 Å². The lowest BCUT2D eigenvalue weighted by molar-refractivity contribution is -0.135. The van der Waals surface area contributed by atoms with Crippen LogP contribution >= 0.6 is 0 Å². The fourth-order valence-corrected chi connectivity index (χ4v) is 9.14. The lowest BCUT2D eigenvalue weighted by Gasteiger charge is -2.31. The number of ether oxygens (including phenoxy) is 1. The zero-order valence-electron chi connectivity index (χ0n) is 36.0. The van der Waals surface area contributed by atoms with E-state index in [4.69, 9.17) is 9.15 Å². The molecule has 15 nitrogen and oxygen atoms in total. The van der Waals surface area contributed by atoms with Crippen molar-refractivity contribution in [3.8, 4) is 11.5 Å². The van der Waals surface area contributed by atoms with Crippen molar-refractivity contribution < 1.29 is 32.3 Å². The van der Waals surface area contributed by atoms with Gasteiger partial charge in [-0.2, -0.15) is 5.10 Å². The summed E-state index contributed by atoms with van der Waals surface area (Å²) in [6.07, 6.45) is 12.6. The van der Waals surface area contributed by atoms with E-state index in [9.17, 15) is 23.2 Å². The summed E-state index contributed by atoms with van der Waals surface area (Å²) in [7, 11) is 2.13. The quantitative estimate of drug-likeness (QED) is 0.0530. The summed E-state index contributed by atoms with van der Waals surface area (Å²) in [5.41, 5.74) is 3.00. The van der Waals surface area contributed by atoms with Crippen LogP contribution in [0, 0.1) is 11.8 Å². The SMILES string of the molecule is CN(CCCOCCCc1ccc2c(c1)c1cccnc1n2C1CCC(=O)NC1=O)C[C@H]1CC[C@H](n2cc(NC(=O)c3coc(-c4ccnc(NCC5CC5)c4)n3)c(C(F)F)n2)CC1. The van der Waals surface area contributed by atoms with Gasteiger partial charge in [0.1, 0.15) is 23.8 Å². The molecule has 9 rings (SSSR count). The Bertz CT molecular complexity index is 2610. The molecule has 336 valence electrons. The first-order valence-corrected chi connectivity index (χ1v) is 22.5. The van der Waals surface area contributed by atoms with Crippen molar-refractivity contribution in [3.63, 3.8) is 0 Å². The molecule has 17 heteroatoms. The van der Waals surface area contributed by atoms with Crippen molar-refractivity contribution in [3.05, 3.63) is 84.3 Å². The zero-order chi connectivity index (χ0) is 44.2. The van der Waals surface area contributed by atoms with Crippen LogP contribution in [-0.4, -0.2) is 91.8 Å². The van der Waals surface area contributed by atoms with Gasteiger partial charge in [-0.05, 0) is 125 Å². The molecule has 2 saturated carbocycles. The second-order valence-corrected chi connectivity index (χ2v) is 17.5.